The Hall–Kier alpha value is -2.66. The molecule has 0 saturated carbocycles. The molecule has 3 N–H and O–H groups in total. The number of piperidine rings is 1. The lowest BCUT2D eigenvalue weighted by Gasteiger charge is -2.30. The van der Waals surface area contributed by atoms with Crippen LogP contribution in [0.25, 0.3) is 11.2 Å². The summed E-state index contributed by atoms with van der Waals surface area (Å²) >= 11 is 0. The van der Waals surface area contributed by atoms with Gasteiger partial charge in [0.2, 0.25) is 0 Å². The number of amides is 3. The fourth-order valence-corrected chi connectivity index (χ4v) is 4.23. The van der Waals surface area contributed by atoms with Gasteiger partial charge < -0.3 is 24.6 Å². The number of rotatable bonds is 8. The van der Waals surface area contributed by atoms with Crippen molar-refractivity contribution < 1.29 is 19.4 Å². The molecule has 1 fully saturated rings. The second-order valence-corrected chi connectivity index (χ2v) is 14.8. The molecule has 3 heterocycles. The Morgan fingerprint density at radius 3 is 2.90 bits per heavy atom. The van der Waals surface area contributed by atoms with Gasteiger partial charge >= 0.3 is 12.1 Å². The summed E-state index contributed by atoms with van der Waals surface area (Å²) in [7, 11) is -1.12. The van der Waals surface area contributed by atoms with Crippen LogP contribution in [-0.4, -0.2) is 71.0 Å². The molecule has 0 aromatic carbocycles. The van der Waals surface area contributed by atoms with E-state index in [-0.39, 0.29) is 11.9 Å². The molecule has 0 radical (unpaired) electrons. The highest BCUT2D eigenvalue weighted by Gasteiger charge is 2.23. The molecule has 1 saturated heterocycles. The lowest BCUT2D eigenvalue weighted by molar-refractivity contribution is 0.0899. The minimum atomic E-state index is -1.12. The van der Waals surface area contributed by atoms with E-state index in [1.807, 2.05) is 16.8 Å². The van der Waals surface area contributed by atoms with Crippen molar-refractivity contribution in [1.82, 2.24) is 24.8 Å². The predicted molar refractivity (Wildman–Crippen MR) is 121 cm³/mol. The van der Waals surface area contributed by atoms with E-state index < -0.39 is 14.2 Å². The summed E-state index contributed by atoms with van der Waals surface area (Å²) in [5.74, 6) is 0.470. The average Bonchev–Trinajstić information content (AvgIpc) is 3.11. The van der Waals surface area contributed by atoms with Gasteiger partial charge in [0.25, 0.3) is 0 Å². The minimum Gasteiger partial charge on any atom is -0.465 e. The number of fused-ring (bicyclic) bond motifs is 1. The van der Waals surface area contributed by atoms with Gasteiger partial charge in [-0.2, -0.15) is 0 Å². The van der Waals surface area contributed by atoms with E-state index in [1.165, 1.54) is 11.1 Å². The molecule has 1 aliphatic heterocycles. The maximum atomic E-state index is 12.2. The highest BCUT2D eigenvalue weighted by molar-refractivity contribution is 6.76. The van der Waals surface area contributed by atoms with E-state index in [4.69, 9.17) is 9.84 Å². The Balaban J connectivity index is 1.48. The Labute approximate surface area is 183 Å². The minimum absolute atomic E-state index is 0.110. The van der Waals surface area contributed by atoms with E-state index >= 15 is 0 Å². The summed E-state index contributed by atoms with van der Waals surface area (Å²) in [6.07, 6.45) is 4.18. The van der Waals surface area contributed by atoms with Crippen LogP contribution < -0.4 is 10.6 Å². The van der Waals surface area contributed by atoms with Crippen molar-refractivity contribution in [2.45, 2.75) is 45.3 Å². The molecule has 0 spiro atoms. The molecule has 3 rings (SSSR count). The molecule has 2 aromatic heterocycles. The van der Waals surface area contributed by atoms with Crippen LogP contribution in [-0.2, 0) is 11.5 Å². The van der Waals surface area contributed by atoms with Crippen LogP contribution in [0.15, 0.2) is 18.5 Å². The third kappa shape index (κ3) is 6.93. The highest BCUT2D eigenvalue weighted by Crippen LogP contribution is 2.17. The van der Waals surface area contributed by atoms with E-state index in [0.29, 0.717) is 43.3 Å². The number of nitrogens with one attached hydrogen (secondary N) is 2. The monoisotopic (exact) mass is 448 g/mol. The van der Waals surface area contributed by atoms with Gasteiger partial charge in [-0.25, -0.2) is 19.6 Å². The lowest BCUT2D eigenvalue weighted by atomic mass is 9.98. The van der Waals surface area contributed by atoms with Gasteiger partial charge in [-0.05, 0) is 30.9 Å². The lowest BCUT2D eigenvalue weighted by Crippen LogP contribution is -2.43. The van der Waals surface area contributed by atoms with Crippen LogP contribution >= 0.6 is 0 Å². The molecule has 11 heteroatoms. The first-order valence-electron chi connectivity index (χ1n) is 10.6. The summed E-state index contributed by atoms with van der Waals surface area (Å²) in [5.41, 5.74) is 1.38. The summed E-state index contributed by atoms with van der Waals surface area (Å²) in [6, 6.07) is 2.57. The molecule has 3 amide bonds. The van der Waals surface area contributed by atoms with Crippen molar-refractivity contribution in [3.05, 3.63) is 18.5 Å². The van der Waals surface area contributed by atoms with E-state index in [9.17, 15) is 9.59 Å². The summed E-state index contributed by atoms with van der Waals surface area (Å²) in [5, 5.41) is 14.6. The smallest absolute Gasteiger partial charge is 0.407 e. The first-order valence-corrected chi connectivity index (χ1v) is 14.3. The molecule has 31 heavy (non-hydrogen) atoms. The zero-order chi connectivity index (χ0) is 22.4. The van der Waals surface area contributed by atoms with Crippen LogP contribution in [0.4, 0.5) is 15.4 Å². The molecular formula is C20H32N6O4Si. The fourth-order valence-electron chi connectivity index (χ4n) is 3.47. The SMILES string of the molecule is C[Si](C)(C)CCOCn1ccc2nc(NC(=O)NCC3CCCN(C(=O)O)C3)cnc21. The predicted octanol–water partition coefficient (Wildman–Crippen LogP) is 3.26. The number of carboxylic acid groups (broad SMARTS) is 1. The molecule has 10 nitrogen and oxygen atoms in total. The van der Waals surface area contributed by atoms with Gasteiger partial charge in [-0.1, -0.05) is 19.6 Å². The highest BCUT2D eigenvalue weighted by atomic mass is 28.3. The molecule has 0 aliphatic carbocycles. The van der Waals surface area contributed by atoms with E-state index in [0.717, 1.165) is 25.5 Å². The van der Waals surface area contributed by atoms with Crippen LogP contribution in [0.2, 0.25) is 25.7 Å². The molecular weight excluding hydrogens is 416 g/mol. The maximum absolute atomic E-state index is 12.2. The van der Waals surface area contributed by atoms with Crippen molar-refractivity contribution in [2.75, 3.05) is 31.6 Å². The van der Waals surface area contributed by atoms with Gasteiger partial charge in [-0.15, -0.1) is 0 Å². The number of carbonyl (C=O) groups is 2. The first-order chi connectivity index (χ1) is 14.7. The zero-order valence-electron chi connectivity index (χ0n) is 18.4. The Kier molecular flexibility index (Phi) is 7.49. The van der Waals surface area contributed by atoms with Gasteiger partial charge in [-0.3, -0.25) is 5.32 Å². The van der Waals surface area contributed by atoms with Gasteiger partial charge in [0.05, 0.1) is 6.20 Å². The largest absolute Gasteiger partial charge is 0.465 e. The van der Waals surface area contributed by atoms with Crippen LogP contribution in [0, 0.1) is 5.92 Å². The number of hydrogen-bond donors (Lipinski definition) is 3. The number of hydrogen-bond acceptors (Lipinski definition) is 5. The van der Waals surface area contributed by atoms with E-state index in [1.54, 1.807) is 0 Å². The zero-order valence-corrected chi connectivity index (χ0v) is 19.4. The third-order valence-corrected chi connectivity index (χ3v) is 6.98. The molecule has 0 bridgehead atoms. The van der Waals surface area contributed by atoms with Crippen LogP contribution in [0.5, 0.6) is 0 Å². The number of ether oxygens (including phenoxy) is 1. The van der Waals surface area contributed by atoms with Gasteiger partial charge in [0.15, 0.2) is 11.5 Å². The first kappa shape index (κ1) is 23.0. The molecule has 170 valence electrons. The summed E-state index contributed by atoms with van der Waals surface area (Å²) in [4.78, 5) is 33.6. The van der Waals surface area contributed by atoms with Gasteiger partial charge in [0, 0.05) is 40.5 Å². The molecule has 1 aliphatic rings. The number of urea groups is 1. The number of aromatic nitrogens is 3. The standard InChI is InChI=1S/C20H32N6O4Si/c1-31(2,3)10-9-30-14-26-8-6-16-18(26)21-12-17(23-16)24-19(27)22-11-15-5-4-7-25(13-15)20(28)29/h6,8,12,15H,4-5,7,9-11,13-14H2,1-3H3,(H,28,29)(H2,22,23,24,27). The Morgan fingerprint density at radius 1 is 1.35 bits per heavy atom. The normalized spacial score (nSPS) is 17.0. The summed E-state index contributed by atoms with van der Waals surface area (Å²) < 4.78 is 7.68. The summed E-state index contributed by atoms with van der Waals surface area (Å²) in [6.45, 7) is 9.51. The fraction of sp³-hybridized carbons (Fsp3) is 0.600. The molecule has 2 aromatic rings. The number of nitrogens with zero attached hydrogens (tertiary/aromatic N) is 4. The molecule has 1 atom stereocenters. The van der Waals surface area contributed by atoms with Crippen LogP contribution in [0.1, 0.15) is 12.8 Å². The average molecular weight is 449 g/mol. The van der Waals surface area contributed by atoms with Crippen LogP contribution in [0.3, 0.4) is 0 Å². The second kappa shape index (κ2) is 10.1. The Bertz CT molecular complexity index is 913. The Morgan fingerprint density at radius 2 is 2.16 bits per heavy atom. The van der Waals surface area contributed by atoms with Crippen molar-refractivity contribution in [2.24, 2.45) is 5.92 Å². The number of carbonyl (C=O) groups excluding carboxylic acids is 1. The van der Waals surface area contributed by atoms with E-state index in [2.05, 4.69) is 40.2 Å². The maximum Gasteiger partial charge on any atom is 0.407 e. The van der Waals surface area contributed by atoms with Gasteiger partial charge in [0.1, 0.15) is 12.2 Å². The van der Waals surface area contributed by atoms with Crippen molar-refractivity contribution in [3.63, 3.8) is 0 Å². The number of anilines is 1. The topological polar surface area (TPSA) is 122 Å². The second-order valence-electron chi connectivity index (χ2n) is 9.17. The quantitative estimate of drug-likeness (QED) is 0.421. The number of likely N-dealkylation sites (tertiary alicyclic amines) is 1. The van der Waals surface area contributed by atoms with Crippen molar-refractivity contribution in [1.29, 1.82) is 0 Å². The third-order valence-electron chi connectivity index (χ3n) is 5.27. The van der Waals surface area contributed by atoms with Crippen molar-refractivity contribution in [3.8, 4) is 0 Å². The van der Waals surface area contributed by atoms with Crippen molar-refractivity contribution >= 4 is 37.2 Å². The molecule has 1 unspecified atom stereocenters.